The standard InChI is InChI=1S/C18H21N3/c1-13-18(14(2)21(3)20-13)12-19-11-15-8-9-16-6-4-5-7-17(16)10-15/h4-10,19H,11-12H2,1-3H3. The van der Waals surface area contributed by atoms with Crippen molar-refractivity contribution >= 4 is 10.8 Å². The molecule has 3 nitrogen and oxygen atoms in total. The molecule has 0 saturated carbocycles. The maximum absolute atomic E-state index is 4.45. The lowest BCUT2D eigenvalue weighted by Crippen LogP contribution is -2.13. The minimum absolute atomic E-state index is 0.859. The van der Waals surface area contributed by atoms with Crippen LogP contribution in [0.1, 0.15) is 22.5 Å². The molecule has 0 amide bonds. The zero-order valence-electron chi connectivity index (χ0n) is 12.9. The fraction of sp³-hybridized carbons (Fsp3) is 0.278. The number of aromatic nitrogens is 2. The second kappa shape index (κ2) is 5.70. The van der Waals surface area contributed by atoms with E-state index in [-0.39, 0.29) is 0 Å². The summed E-state index contributed by atoms with van der Waals surface area (Å²) in [6.45, 7) is 5.92. The summed E-state index contributed by atoms with van der Waals surface area (Å²) >= 11 is 0. The van der Waals surface area contributed by atoms with Crippen molar-refractivity contribution in [2.75, 3.05) is 0 Å². The van der Waals surface area contributed by atoms with Crippen molar-refractivity contribution in [3.63, 3.8) is 0 Å². The first-order valence-electron chi connectivity index (χ1n) is 7.32. The predicted octanol–water partition coefficient (Wildman–Crippen LogP) is 3.48. The molecule has 1 aromatic heterocycles. The molecule has 0 spiro atoms. The van der Waals surface area contributed by atoms with E-state index in [0.29, 0.717) is 0 Å². The fourth-order valence-electron chi connectivity index (χ4n) is 2.75. The van der Waals surface area contributed by atoms with Crippen LogP contribution in [0.15, 0.2) is 42.5 Å². The molecule has 0 aliphatic carbocycles. The zero-order chi connectivity index (χ0) is 14.8. The first-order chi connectivity index (χ1) is 10.1. The van der Waals surface area contributed by atoms with Crippen LogP contribution in [-0.4, -0.2) is 9.78 Å². The van der Waals surface area contributed by atoms with Gasteiger partial charge in [-0.3, -0.25) is 4.68 Å². The largest absolute Gasteiger partial charge is 0.308 e. The molecular weight excluding hydrogens is 258 g/mol. The fourth-order valence-corrected chi connectivity index (χ4v) is 2.75. The van der Waals surface area contributed by atoms with Crippen molar-refractivity contribution in [1.29, 1.82) is 0 Å². The molecular formula is C18H21N3. The molecule has 0 aliphatic rings. The van der Waals surface area contributed by atoms with Crippen molar-refractivity contribution < 1.29 is 0 Å². The molecule has 1 N–H and O–H groups in total. The Morgan fingerprint density at radius 2 is 1.76 bits per heavy atom. The van der Waals surface area contributed by atoms with E-state index in [9.17, 15) is 0 Å². The molecule has 0 bridgehead atoms. The van der Waals surface area contributed by atoms with Gasteiger partial charge < -0.3 is 5.32 Å². The van der Waals surface area contributed by atoms with E-state index in [0.717, 1.165) is 18.8 Å². The lowest BCUT2D eigenvalue weighted by atomic mass is 10.1. The van der Waals surface area contributed by atoms with Gasteiger partial charge in [-0.1, -0.05) is 36.4 Å². The molecule has 0 aliphatic heterocycles. The molecule has 0 radical (unpaired) electrons. The lowest BCUT2D eigenvalue weighted by molar-refractivity contribution is 0.684. The zero-order valence-corrected chi connectivity index (χ0v) is 12.9. The van der Waals surface area contributed by atoms with Crippen molar-refractivity contribution in [3.8, 4) is 0 Å². The molecule has 0 unspecified atom stereocenters. The molecule has 3 rings (SSSR count). The molecule has 108 valence electrons. The van der Waals surface area contributed by atoms with Gasteiger partial charge in [0.05, 0.1) is 5.69 Å². The monoisotopic (exact) mass is 279 g/mol. The van der Waals surface area contributed by atoms with E-state index in [2.05, 4.69) is 66.7 Å². The van der Waals surface area contributed by atoms with Crippen LogP contribution in [0, 0.1) is 13.8 Å². The van der Waals surface area contributed by atoms with Crippen molar-refractivity contribution in [2.24, 2.45) is 7.05 Å². The third kappa shape index (κ3) is 2.83. The van der Waals surface area contributed by atoms with E-state index in [1.807, 2.05) is 11.7 Å². The summed E-state index contributed by atoms with van der Waals surface area (Å²) in [5.41, 5.74) is 4.96. The van der Waals surface area contributed by atoms with Gasteiger partial charge in [-0.25, -0.2) is 0 Å². The van der Waals surface area contributed by atoms with Gasteiger partial charge in [-0.05, 0) is 36.2 Å². The van der Waals surface area contributed by atoms with Crippen LogP contribution in [0.2, 0.25) is 0 Å². The SMILES string of the molecule is Cc1nn(C)c(C)c1CNCc1ccc2ccccc2c1. The van der Waals surface area contributed by atoms with Crippen LogP contribution in [0.5, 0.6) is 0 Å². The van der Waals surface area contributed by atoms with Crippen LogP contribution < -0.4 is 5.32 Å². The number of nitrogens with zero attached hydrogens (tertiary/aromatic N) is 2. The summed E-state index contributed by atoms with van der Waals surface area (Å²) in [4.78, 5) is 0. The maximum atomic E-state index is 4.45. The van der Waals surface area contributed by atoms with Gasteiger partial charge in [-0.15, -0.1) is 0 Å². The number of rotatable bonds is 4. The number of nitrogens with one attached hydrogen (secondary N) is 1. The Balaban J connectivity index is 1.69. The first-order valence-corrected chi connectivity index (χ1v) is 7.32. The summed E-state index contributed by atoms with van der Waals surface area (Å²) in [6.07, 6.45) is 0. The molecule has 2 aromatic carbocycles. The maximum Gasteiger partial charge on any atom is 0.0641 e. The summed E-state index contributed by atoms with van der Waals surface area (Å²) < 4.78 is 1.95. The molecule has 3 heteroatoms. The van der Waals surface area contributed by atoms with Crippen LogP contribution in [-0.2, 0) is 20.1 Å². The van der Waals surface area contributed by atoms with Gasteiger partial charge in [0.15, 0.2) is 0 Å². The van der Waals surface area contributed by atoms with E-state index < -0.39 is 0 Å². The summed E-state index contributed by atoms with van der Waals surface area (Å²) in [5, 5.41) is 10.6. The molecule has 0 saturated heterocycles. The lowest BCUT2D eigenvalue weighted by Gasteiger charge is -2.07. The highest BCUT2D eigenvalue weighted by Gasteiger charge is 2.08. The summed E-state index contributed by atoms with van der Waals surface area (Å²) in [6, 6.07) is 15.1. The van der Waals surface area contributed by atoms with Crippen molar-refractivity contribution in [1.82, 2.24) is 15.1 Å². The molecule has 3 aromatic rings. The molecule has 21 heavy (non-hydrogen) atoms. The third-order valence-corrected chi connectivity index (χ3v) is 4.10. The van der Waals surface area contributed by atoms with Crippen LogP contribution in [0.25, 0.3) is 10.8 Å². The third-order valence-electron chi connectivity index (χ3n) is 4.10. The van der Waals surface area contributed by atoms with Gasteiger partial charge in [0.1, 0.15) is 0 Å². The Kier molecular flexibility index (Phi) is 3.76. The Hall–Kier alpha value is -2.13. The number of aryl methyl sites for hydroxylation is 2. The highest BCUT2D eigenvalue weighted by molar-refractivity contribution is 5.82. The van der Waals surface area contributed by atoms with E-state index >= 15 is 0 Å². The van der Waals surface area contributed by atoms with E-state index in [1.54, 1.807) is 0 Å². The molecule has 0 fully saturated rings. The Labute approximate surface area is 125 Å². The molecule has 0 atom stereocenters. The highest BCUT2D eigenvalue weighted by Crippen LogP contribution is 2.16. The second-order valence-corrected chi connectivity index (χ2v) is 5.56. The number of hydrogen-bond acceptors (Lipinski definition) is 2. The highest BCUT2D eigenvalue weighted by atomic mass is 15.3. The minimum Gasteiger partial charge on any atom is -0.308 e. The van der Waals surface area contributed by atoms with Gasteiger partial charge in [0.25, 0.3) is 0 Å². The smallest absolute Gasteiger partial charge is 0.0641 e. The van der Waals surface area contributed by atoms with E-state index in [1.165, 1.54) is 27.6 Å². The van der Waals surface area contributed by atoms with Gasteiger partial charge in [-0.2, -0.15) is 5.10 Å². The van der Waals surface area contributed by atoms with Crippen molar-refractivity contribution in [3.05, 3.63) is 65.0 Å². The normalized spacial score (nSPS) is 11.2. The van der Waals surface area contributed by atoms with E-state index in [4.69, 9.17) is 0 Å². The molecule has 1 heterocycles. The topological polar surface area (TPSA) is 29.9 Å². The second-order valence-electron chi connectivity index (χ2n) is 5.56. The van der Waals surface area contributed by atoms with Crippen LogP contribution in [0.4, 0.5) is 0 Å². The summed E-state index contributed by atoms with van der Waals surface area (Å²) in [5.74, 6) is 0. The Morgan fingerprint density at radius 3 is 2.48 bits per heavy atom. The Bertz CT molecular complexity index is 771. The van der Waals surface area contributed by atoms with Gasteiger partial charge in [0.2, 0.25) is 0 Å². The Morgan fingerprint density at radius 1 is 1.00 bits per heavy atom. The summed E-state index contributed by atoms with van der Waals surface area (Å²) in [7, 11) is 2.00. The minimum atomic E-state index is 0.859. The van der Waals surface area contributed by atoms with Gasteiger partial charge in [0, 0.05) is 31.4 Å². The predicted molar refractivity (Wildman–Crippen MR) is 87.2 cm³/mol. The van der Waals surface area contributed by atoms with Crippen LogP contribution in [0.3, 0.4) is 0 Å². The number of benzene rings is 2. The average Bonchev–Trinajstić information content (AvgIpc) is 2.73. The van der Waals surface area contributed by atoms with Gasteiger partial charge >= 0.3 is 0 Å². The average molecular weight is 279 g/mol. The first kappa shape index (κ1) is 13.8. The van der Waals surface area contributed by atoms with Crippen molar-refractivity contribution in [2.45, 2.75) is 26.9 Å². The number of hydrogen-bond donors (Lipinski definition) is 1. The van der Waals surface area contributed by atoms with Crippen LogP contribution >= 0.6 is 0 Å². The number of fused-ring (bicyclic) bond motifs is 1. The quantitative estimate of drug-likeness (QED) is 0.792.